The van der Waals surface area contributed by atoms with Crippen molar-refractivity contribution in [2.45, 2.75) is 19.3 Å². The molecule has 1 fully saturated rings. The van der Waals surface area contributed by atoms with Crippen LogP contribution in [0.2, 0.25) is 5.02 Å². The smallest absolute Gasteiger partial charge is 0.139 e. The first-order valence-electron chi connectivity index (χ1n) is 9.65. The van der Waals surface area contributed by atoms with Crippen molar-refractivity contribution in [3.8, 4) is 11.3 Å². The van der Waals surface area contributed by atoms with Gasteiger partial charge in [-0.15, -0.1) is 0 Å². The van der Waals surface area contributed by atoms with Crippen LogP contribution in [0.5, 0.6) is 0 Å². The third-order valence-corrected chi connectivity index (χ3v) is 5.74. The van der Waals surface area contributed by atoms with Crippen LogP contribution >= 0.6 is 11.6 Å². The molecular formula is C22H19ClFN5. The molecule has 4 aromatic rings. The molecule has 0 aliphatic carbocycles. The van der Waals surface area contributed by atoms with E-state index < -0.39 is 0 Å². The van der Waals surface area contributed by atoms with Crippen LogP contribution in [0.1, 0.15) is 19.3 Å². The number of rotatable bonds is 2. The van der Waals surface area contributed by atoms with Gasteiger partial charge in [-0.2, -0.15) is 0 Å². The summed E-state index contributed by atoms with van der Waals surface area (Å²) in [6.07, 6.45) is 5.13. The van der Waals surface area contributed by atoms with Gasteiger partial charge in [0.15, 0.2) is 0 Å². The highest BCUT2D eigenvalue weighted by Crippen LogP contribution is 2.37. The zero-order chi connectivity index (χ0) is 20.0. The maximum absolute atomic E-state index is 13.9. The van der Waals surface area contributed by atoms with E-state index in [1.807, 2.05) is 12.1 Å². The van der Waals surface area contributed by atoms with E-state index in [1.54, 1.807) is 18.5 Å². The molecule has 2 aromatic heterocycles. The van der Waals surface area contributed by atoms with Crippen LogP contribution in [0.3, 0.4) is 0 Å². The quantitative estimate of drug-likeness (QED) is 0.494. The molecule has 5 rings (SSSR count). The number of aromatic nitrogens is 3. The Bertz CT molecular complexity index is 1240. The van der Waals surface area contributed by atoms with Gasteiger partial charge in [0.1, 0.15) is 23.8 Å². The van der Waals surface area contributed by atoms with E-state index in [4.69, 9.17) is 17.3 Å². The number of anilines is 2. The molecule has 1 aliphatic rings. The molecule has 7 heteroatoms. The van der Waals surface area contributed by atoms with E-state index >= 15 is 0 Å². The maximum Gasteiger partial charge on any atom is 0.139 e. The number of nitrogens with two attached hydrogens (primary N) is 1. The molecule has 146 valence electrons. The molecule has 0 radical (unpaired) electrons. The predicted octanol–water partition coefficient (Wildman–Crippen LogP) is 5.21. The Labute approximate surface area is 172 Å². The average Bonchev–Trinajstić information content (AvgIpc) is 2.73. The average molecular weight is 408 g/mol. The van der Waals surface area contributed by atoms with Crippen LogP contribution in [0, 0.1) is 5.82 Å². The molecule has 29 heavy (non-hydrogen) atoms. The van der Waals surface area contributed by atoms with Gasteiger partial charge in [-0.3, -0.25) is 0 Å². The van der Waals surface area contributed by atoms with Gasteiger partial charge >= 0.3 is 0 Å². The molecule has 1 saturated heterocycles. The highest BCUT2D eigenvalue weighted by Gasteiger charge is 2.18. The van der Waals surface area contributed by atoms with Crippen molar-refractivity contribution in [1.82, 2.24) is 15.0 Å². The summed E-state index contributed by atoms with van der Waals surface area (Å²) in [5.74, 6) is 0.920. The first-order chi connectivity index (χ1) is 14.1. The second-order valence-corrected chi connectivity index (χ2v) is 7.76. The van der Waals surface area contributed by atoms with Gasteiger partial charge in [-0.1, -0.05) is 17.7 Å². The van der Waals surface area contributed by atoms with Crippen molar-refractivity contribution in [3.63, 3.8) is 0 Å². The molecule has 0 saturated carbocycles. The highest BCUT2D eigenvalue weighted by atomic mass is 35.5. The van der Waals surface area contributed by atoms with E-state index in [2.05, 4.69) is 19.9 Å². The molecule has 0 unspecified atom stereocenters. The van der Waals surface area contributed by atoms with Gasteiger partial charge < -0.3 is 10.6 Å². The van der Waals surface area contributed by atoms with Crippen molar-refractivity contribution in [3.05, 3.63) is 53.6 Å². The van der Waals surface area contributed by atoms with Crippen molar-refractivity contribution in [1.29, 1.82) is 0 Å². The Morgan fingerprint density at radius 3 is 2.62 bits per heavy atom. The fourth-order valence-electron chi connectivity index (χ4n) is 4.05. The molecule has 1 aliphatic heterocycles. The van der Waals surface area contributed by atoms with Crippen LogP contribution in [0.15, 0.2) is 42.7 Å². The zero-order valence-electron chi connectivity index (χ0n) is 15.7. The number of pyridine rings is 1. The number of piperidine rings is 1. The number of halogens is 2. The van der Waals surface area contributed by atoms with Gasteiger partial charge in [0, 0.05) is 29.4 Å². The minimum Gasteiger partial charge on any atom is -0.384 e. The van der Waals surface area contributed by atoms with Crippen molar-refractivity contribution >= 4 is 44.9 Å². The number of benzene rings is 2. The number of nitrogens with zero attached hydrogens (tertiary/aromatic N) is 4. The molecular weight excluding hydrogens is 389 g/mol. The normalized spacial score (nSPS) is 14.6. The van der Waals surface area contributed by atoms with E-state index in [1.165, 1.54) is 18.6 Å². The second kappa shape index (κ2) is 7.12. The van der Waals surface area contributed by atoms with E-state index in [0.29, 0.717) is 27.5 Å². The van der Waals surface area contributed by atoms with Crippen molar-refractivity contribution in [2.24, 2.45) is 0 Å². The van der Waals surface area contributed by atoms with Gasteiger partial charge in [-0.25, -0.2) is 19.3 Å². The van der Waals surface area contributed by atoms with Crippen LogP contribution in [-0.4, -0.2) is 28.0 Å². The Kier molecular flexibility index (Phi) is 4.43. The molecule has 2 N–H and O–H groups in total. The predicted molar refractivity (Wildman–Crippen MR) is 116 cm³/mol. The zero-order valence-corrected chi connectivity index (χ0v) is 16.5. The van der Waals surface area contributed by atoms with Crippen LogP contribution in [0.4, 0.5) is 16.0 Å². The Hall–Kier alpha value is -2.99. The maximum atomic E-state index is 13.9. The summed E-state index contributed by atoms with van der Waals surface area (Å²) < 4.78 is 13.9. The standard InChI is InChI=1S/C22H19ClFN5/c23-18-10-17-19(26-12-27-22(17)29-6-2-1-3-7-29)11-16(18)21-15-9-14(24)5-4-13(15)8-20(25)28-21/h4-5,8-12H,1-3,6-7H2,(H2,25,28). The lowest BCUT2D eigenvalue weighted by Gasteiger charge is -2.28. The fraction of sp³-hybridized carbons (Fsp3) is 0.227. The lowest BCUT2D eigenvalue weighted by atomic mass is 10.0. The number of nitrogen functional groups attached to an aromatic ring is 1. The minimum absolute atomic E-state index is 0.336. The van der Waals surface area contributed by atoms with Crippen LogP contribution < -0.4 is 10.6 Å². The Morgan fingerprint density at radius 2 is 1.79 bits per heavy atom. The van der Waals surface area contributed by atoms with Crippen molar-refractivity contribution < 1.29 is 4.39 Å². The second-order valence-electron chi connectivity index (χ2n) is 7.36. The summed E-state index contributed by atoms with van der Waals surface area (Å²) >= 11 is 6.69. The van der Waals surface area contributed by atoms with Crippen molar-refractivity contribution in [2.75, 3.05) is 23.7 Å². The van der Waals surface area contributed by atoms with Crippen LogP contribution in [0.25, 0.3) is 32.9 Å². The molecule has 0 amide bonds. The van der Waals surface area contributed by atoms with E-state index in [9.17, 15) is 4.39 Å². The summed E-state index contributed by atoms with van der Waals surface area (Å²) in [7, 11) is 0. The number of hydrogen-bond donors (Lipinski definition) is 1. The topological polar surface area (TPSA) is 67.9 Å². The Balaban J connectivity index is 1.72. The summed E-state index contributed by atoms with van der Waals surface area (Å²) in [4.78, 5) is 15.7. The third kappa shape index (κ3) is 3.23. The molecule has 0 bridgehead atoms. The SMILES string of the molecule is Nc1cc2ccc(F)cc2c(-c2cc3ncnc(N4CCCCC4)c3cc2Cl)n1. The minimum atomic E-state index is -0.336. The van der Waals surface area contributed by atoms with E-state index in [0.717, 1.165) is 48.0 Å². The molecule has 2 aromatic carbocycles. The third-order valence-electron chi connectivity index (χ3n) is 5.43. The number of hydrogen-bond acceptors (Lipinski definition) is 5. The summed E-state index contributed by atoms with van der Waals surface area (Å²) in [6.45, 7) is 1.96. The van der Waals surface area contributed by atoms with E-state index in [-0.39, 0.29) is 5.82 Å². The van der Waals surface area contributed by atoms with Gasteiger partial charge in [-0.05, 0) is 55.0 Å². The summed E-state index contributed by atoms with van der Waals surface area (Å²) in [5.41, 5.74) is 7.99. The molecule has 3 heterocycles. The lowest BCUT2D eigenvalue weighted by molar-refractivity contribution is 0.574. The Morgan fingerprint density at radius 1 is 0.966 bits per heavy atom. The van der Waals surface area contributed by atoms with Gasteiger partial charge in [0.25, 0.3) is 0 Å². The van der Waals surface area contributed by atoms with Gasteiger partial charge in [0.05, 0.1) is 16.2 Å². The number of fused-ring (bicyclic) bond motifs is 2. The monoisotopic (exact) mass is 407 g/mol. The lowest BCUT2D eigenvalue weighted by Crippen LogP contribution is -2.30. The summed E-state index contributed by atoms with van der Waals surface area (Å²) in [6, 6.07) is 10.1. The fourth-order valence-corrected chi connectivity index (χ4v) is 4.30. The summed E-state index contributed by atoms with van der Waals surface area (Å²) in [5, 5.41) is 2.88. The van der Waals surface area contributed by atoms with Crippen LogP contribution in [-0.2, 0) is 0 Å². The molecule has 0 spiro atoms. The largest absolute Gasteiger partial charge is 0.384 e. The molecule has 5 nitrogen and oxygen atoms in total. The molecule has 0 atom stereocenters. The highest BCUT2D eigenvalue weighted by molar-refractivity contribution is 6.34. The first-order valence-corrected chi connectivity index (χ1v) is 10.0. The first kappa shape index (κ1) is 18.1. The van der Waals surface area contributed by atoms with Gasteiger partial charge in [0.2, 0.25) is 0 Å².